The van der Waals surface area contributed by atoms with Crippen molar-refractivity contribution in [1.82, 2.24) is 10.2 Å². The first kappa shape index (κ1) is 13.6. The molecule has 0 amide bonds. The van der Waals surface area contributed by atoms with Crippen LogP contribution in [0, 0.1) is 6.92 Å². The SMILES string of the molecule is Cc1ccccc1C(C)NCC(C)N1CCCC1. The Hall–Kier alpha value is -0.860. The minimum absolute atomic E-state index is 0.441. The monoisotopic (exact) mass is 246 g/mol. The van der Waals surface area contributed by atoms with Crippen LogP contribution in [0.2, 0.25) is 0 Å². The quantitative estimate of drug-likeness (QED) is 0.858. The average molecular weight is 246 g/mol. The molecule has 0 aliphatic carbocycles. The summed E-state index contributed by atoms with van der Waals surface area (Å²) in [6.07, 6.45) is 2.75. The van der Waals surface area contributed by atoms with E-state index in [1.807, 2.05) is 0 Å². The second-order valence-electron chi connectivity index (χ2n) is 5.58. The number of rotatable bonds is 5. The highest BCUT2D eigenvalue weighted by atomic mass is 15.2. The van der Waals surface area contributed by atoms with Crippen molar-refractivity contribution >= 4 is 0 Å². The van der Waals surface area contributed by atoms with Gasteiger partial charge in [-0.15, -0.1) is 0 Å². The topological polar surface area (TPSA) is 15.3 Å². The third kappa shape index (κ3) is 3.33. The van der Waals surface area contributed by atoms with Crippen LogP contribution in [0.3, 0.4) is 0 Å². The lowest BCUT2D eigenvalue weighted by molar-refractivity contribution is 0.247. The van der Waals surface area contributed by atoms with E-state index in [0.717, 1.165) is 6.54 Å². The summed E-state index contributed by atoms with van der Waals surface area (Å²) in [7, 11) is 0. The molecule has 1 aromatic rings. The standard InChI is InChI=1S/C16H26N2/c1-13-8-4-5-9-16(13)15(3)17-12-14(2)18-10-6-7-11-18/h4-5,8-9,14-15,17H,6-7,10-12H2,1-3H3. The fourth-order valence-corrected chi connectivity index (χ4v) is 2.84. The van der Waals surface area contributed by atoms with E-state index in [0.29, 0.717) is 12.1 Å². The van der Waals surface area contributed by atoms with Gasteiger partial charge in [0.25, 0.3) is 0 Å². The summed E-state index contributed by atoms with van der Waals surface area (Å²) in [6.45, 7) is 10.4. The van der Waals surface area contributed by atoms with Gasteiger partial charge in [-0.25, -0.2) is 0 Å². The Morgan fingerprint density at radius 1 is 1.17 bits per heavy atom. The number of nitrogens with zero attached hydrogens (tertiary/aromatic N) is 1. The normalized spacial score (nSPS) is 19.9. The highest BCUT2D eigenvalue weighted by Crippen LogP contribution is 2.17. The molecule has 0 spiro atoms. The van der Waals surface area contributed by atoms with Crippen LogP contribution in [0.5, 0.6) is 0 Å². The second kappa shape index (κ2) is 6.35. The molecule has 2 unspecified atom stereocenters. The molecule has 2 heteroatoms. The summed E-state index contributed by atoms with van der Waals surface area (Å²) in [6, 6.07) is 9.75. The molecule has 1 fully saturated rings. The van der Waals surface area contributed by atoms with Crippen molar-refractivity contribution in [2.24, 2.45) is 0 Å². The lowest BCUT2D eigenvalue weighted by Crippen LogP contribution is -2.39. The van der Waals surface area contributed by atoms with E-state index < -0.39 is 0 Å². The lowest BCUT2D eigenvalue weighted by Gasteiger charge is -2.26. The van der Waals surface area contributed by atoms with Gasteiger partial charge in [-0.05, 0) is 57.8 Å². The van der Waals surface area contributed by atoms with E-state index in [-0.39, 0.29) is 0 Å². The number of hydrogen-bond acceptors (Lipinski definition) is 2. The van der Waals surface area contributed by atoms with Crippen molar-refractivity contribution < 1.29 is 0 Å². The van der Waals surface area contributed by atoms with Crippen LogP contribution in [0.1, 0.15) is 43.9 Å². The van der Waals surface area contributed by atoms with Crippen molar-refractivity contribution in [2.45, 2.75) is 45.7 Å². The van der Waals surface area contributed by atoms with Crippen LogP contribution in [-0.4, -0.2) is 30.6 Å². The molecule has 0 saturated carbocycles. The van der Waals surface area contributed by atoms with Gasteiger partial charge < -0.3 is 5.32 Å². The van der Waals surface area contributed by atoms with E-state index in [4.69, 9.17) is 0 Å². The summed E-state index contributed by atoms with van der Waals surface area (Å²) in [5, 5.41) is 3.67. The van der Waals surface area contributed by atoms with E-state index >= 15 is 0 Å². The Bertz CT molecular complexity index is 369. The van der Waals surface area contributed by atoms with Crippen LogP contribution >= 0.6 is 0 Å². The summed E-state index contributed by atoms with van der Waals surface area (Å²) in [5.74, 6) is 0. The highest BCUT2D eigenvalue weighted by Gasteiger charge is 2.18. The van der Waals surface area contributed by atoms with Crippen LogP contribution in [0.4, 0.5) is 0 Å². The van der Waals surface area contributed by atoms with Crippen molar-refractivity contribution in [3.63, 3.8) is 0 Å². The molecule has 1 aromatic carbocycles. The molecule has 0 radical (unpaired) electrons. The van der Waals surface area contributed by atoms with Gasteiger partial charge in [-0.1, -0.05) is 24.3 Å². The second-order valence-corrected chi connectivity index (χ2v) is 5.58. The van der Waals surface area contributed by atoms with Crippen molar-refractivity contribution in [3.05, 3.63) is 35.4 Å². The van der Waals surface area contributed by atoms with Crippen LogP contribution in [0.25, 0.3) is 0 Å². The first-order chi connectivity index (χ1) is 8.68. The number of hydrogen-bond donors (Lipinski definition) is 1. The zero-order valence-electron chi connectivity index (χ0n) is 11.9. The Morgan fingerprint density at radius 3 is 2.50 bits per heavy atom. The minimum atomic E-state index is 0.441. The van der Waals surface area contributed by atoms with Gasteiger partial charge in [0.1, 0.15) is 0 Å². The summed E-state index contributed by atoms with van der Waals surface area (Å²) in [5.41, 5.74) is 2.80. The molecule has 0 bridgehead atoms. The largest absolute Gasteiger partial charge is 0.309 e. The molecular weight excluding hydrogens is 220 g/mol. The molecule has 1 aliphatic heterocycles. The van der Waals surface area contributed by atoms with Crippen molar-refractivity contribution in [1.29, 1.82) is 0 Å². The number of benzene rings is 1. The first-order valence-corrected chi connectivity index (χ1v) is 7.21. The number of likely N-dealkylation sites (tertiary alicyclic amines) is 1. The molecule has 18 heavy (non-hydrogen) atoms. The summed E-state index contributed by atoms with van der Waals surface area (Å²) < 4.78 is 0. The van der Waals surface area contributed by atoms with Crippen LogP contribution in [0.15, 0.2) is 24.3 Å². The molecular formula is C16H26N2. The van der Waals surface area contributed by atoms with Crippen molar-refractivity contribution in [2.75, 3.05) is 19.6 Å². The van der Waals surface area contributed by atoms with Gasteiger partial charge in [-0.3, -0.25) is 4.90 Å². The molecule has 0 aromatic heterocycles. The fourth-order valence-electron chi connectivity index (χ4n) is 2.84. The van der Waals surface area contributed by atoms with Gasteiger partial charge in [0, 0.05) is 18.6 Å². The van der Waals surface area contributed by atoms with Gasteiger partial charge in [-0.2, -0.15) is 0 Å². The number of nitrogens with one attached hydrogen (secondary N) is 1. The van der Waals surface area contributed by atoms with Gasteiger partial charge in [0.15, 0.2) is 0 Å². The number of aryl methyl sites for hydroxylation is 1. The summed E-state index contributed by atoms with van der Waals surface area (Å²) >= 11 is 0. The third-order valence-corrected chi connectivity index (χ3v) is 4.14. The maximum absolute atomic E-state index is 3.67. The minimum Gasteiger partial charge on any atom is -0.309 e. The Morgan fingerprint density at radius 2 is 1.83 bits per heavy atom. The molecule has 1 heterocycles. The Kier molecular flexibility index (Phi) is 4.79. The van der Waals surface area contributed by atoms with E-state index in [1.165, 1.54) is 37.1 Å². The predicted octanol–water partition coefficient (Wildman–Crippen LogP) is 3.13. The Labute approximate surface area is 111 Å². The zero-order valence-corrected chi connectivity index (χ0v) is 11.9. The van der Waals surface area contributed by atoms with Gasteiger partial charge >= 0.3 is 0 Å². The maximum atomic E-state index is 3.67. The smallest absolute Gasteiger partial charge is 0.0295 e. The van der Waals surface area contributed by atoms with Gasteiger partial charge in [0.05, 0.1) is 0 Å². The molecule has 1 saturated heterocycles. The van der Waals surface area contributed by atoms with E-state index in [9.17, 15) is 0 Å². The molecule has 2 atom stereocenters. The highest BCUT2D eigenvalue weighted by molar-refractivity contribution is 5.28. The van der Waals surface area contributed by atoms with E-state index in [2.05, 4.69) is 55.3 Å². The van der Waals surface area contributed by atoms with Crippen LogP contribution < -0.4 is 5.32 Å². The average Bonchev–Trinajstić information content (AvgIpc) is 2.90. The molecule has 2 nitrogen and oxygen atoms in total. The third-order valence-electron chi connectivity index (χ3n) is 4.14. The first-order valence-electron chi connectivity index (χ1n) is 7.21. The van der Waals surface area contributed by atoms with Crippen LogP contribution in [-0.2, 0) is 0 Å². The zero-order chi connectivity index (χ0) is 13.0. The van der Waals surface area contributed by atoms with Crippen molar-refractivity contribution in [3.8, 4) is 0 Å². The maximum Gasteiger partial charge on any atom is 0.0295 e. The molecule has 1 aliphatic rings. The molecule has 2 rings (SSSR count). The van der Waals surface area contributed by atoms with Gasteiger partial charge in [0.2, 0.25) is 0 Å². The Balaban J connectivity index is 1.84. The fraction of sp³-hybridized carbons (Fsp3) is 0.625. The summed E-state index contributed by atoms with van der Waals surface area (Å²) in [4.78, 5) is 2.59. The predicted molar refractivity (Wildman–Crippen MR) is 77.9 cm³/mol. The molecule has 1 N–H and O–H groups in total. The lowest BCUT2D eigenvalue weighted by atomic mass is 10.0. The van der Waals surface area contributed by atoms with E-state index in [1.54, 1.807) is 0 Å². The molecule has 100 valence electrons.